The van der Waals surface area contributed by atoms with Crippen LogP contribution in [0.25, 0.3) is 0 Å². The van der Waals surface area contributed by atoms with Gasteiger partial charge in [0.15, 0.2) is 0 Å². The normalized spacial score (nSPS) is 27.4. The SMILES string of the molecule is C[C@]1(N2C(=O)OC[C@@H]2c2ccccc2)CCN(CC(=O)O)C1=O. The fraction of sp³-hybridized carbons (Fsp3) is 0.438. The van der Waals surface area contributed by atoms with Crippen molar-refractivity contribution in [3.63, 3.8) is 0 Å². The lowest BCUT2D eigenvalue weighted by atomic mass is 9.94. The number of carboxylic acids is 1. The predicted octanol–water partition coefficient (Wildman–Crippen LogP) is 1.26. The highest BCUT2D eigenvalue weighted by atomic mass is 16.6. The molecule has 122 valence electrons. The Bertz CT molecular complexity index is 647. The van der Waals surface area contributed by atoms with Crippen molar-refractivity contribution >= 4 is 18.0 Å². The molecule has 7 heteroatoms. The smallest absolute Gasteiger partial charge is 0.411 e. The van der Waals surface area contributed by atoms with Crippen LogP contribution in [0.3, 0.4) is 0 Å². The van der Waals surface area contributed by atoms with Crippen molar-refractivity contribution in [2.75, 3.05) is 19.7 Å². The van der Waals surface area contributed by atoms with Crippen molar-refractivity contribution in [2.24, 2.45) is 0 Å². The molecule has 0 spiro atoms. The van der Waals surface area contributed by atoms with Gasteiger partial charge in [-0.3, -0.25) is 14.5 Å². The molecule has 7 nitrogen and oxygen atoms in total. The van der Waals surface area contributed by atoms with Gasteiger partial charge >= 0.3 is 12.1 Å². The zero-order chi connectivity index (χ0) is 16.6. The maximum Gasteiger partial charge on any atom is 0.411 e. The molecule has 0 aliphatic carbocycles. The van der Waals surface area contributed by atoms with Gasteiger partial charge in [0.25, 0.3) is 0 Å². The number of hydrogen-bond acceptors (Lipinski definition) is 4. The number of carboxylic acid groups (broad SMARTS) is 1. The Morgan fingerprint density at radius 1 is 1.35 bits per heavy atom. The second kappa shape index (κ2) is 5.57. The van der Waals surface area contributed by atoms with Gasteiger partial charge in [0, 0.05) is 6.54 Å². The van der Waals surface area contributed by atoms with Gasteiger partial charge in [0.2, 0.25) is 5.91 Å². The van der Waals surface area contributed by atoms with Crippen LogP contribution in [-0.4, -0.2) is 58.1 Å². The maximum absolute atomic E-state index is 12.7. The van der Waals surface area contributed by atoms with Crippen LogP contribution in [0, 0.1) is 0 Å². The summed E-state index contributed by atoms with van der Waals surface area (Å²) in [6.45, 7) is 1.82. The molecule has 0 bridgehead atoms. The maximum atomic E-state index is 12.7. The summed E-state index contributed by atoms with van der Waals surface area (Å²) >= 11 is 0. The summed E-state index contributed by atoms with van der Waals surface area (Å²) in [6, 6.07) is 9.04. The zero-order valence-corrected chi connectivity index (χ0v) is 12.8. The molecule has 2 heterocycles. The van der Waals surface area contributed by atoms with Crippen LogP contribution >= 0.6 is 0 Å². The highest BCUT2D eigenvalue weighted by molar-refractivity contribution is 5.93. The second-order valence-corrected chi connectivity index (χ2v) is 6.02. The summed E-state index contributed by atoms with van der Waals surface area (Å²) < 4.78 is 5.17. The number of benzene rings is 1. The minimum Gasteiger partial charge on any atom is -0.480 e. The number of amides is 2. The molecule has 23 heavy (non-hydrogen) atoms. The van der Waals surface area contributed by atoms with E-state index < -0.39 is 17.6 Å². The van der Waals surface area contributed by atoms with Crippen molar-refractivity contribution in [1.29, 1.82) is 0 Å². The highest BCUT2D eigenvalue weighted by Gasteiger charge is 2.54. The number of nitrogens with zero attached hydrogens (tertiary/aromatic N) is 2. The van der Waals surface area contributed by atoms with E-state index in [0.717, 1.165) is 5.56 Å². The number of aliphatic carboxylic acids is 1. The molecule has 2 atom stereocenters. The monoisotopic (exact) mass is 318 g/mol. The van der Waals surface area contributed by atoms with Crippen LogP contribution in [0.15, 0.2) is 30.3 Å². The van der Waals surface area contributed by atoms with Gasteiger partial charge in [0.05, 0.1) is 6.04 Å². The summed E-state index contributed by atoms with van der Waals surface area (Å²) in [6.07, 6.45) is -0.149. The number of carbonyl (C=O) groups excluding carboxylic acids is 2. The van der Waals surface area contributed by atoms with E-state index in [4.69, 9.17) is 9.84 Å². The topological polar surface area (TPSA) is 87.2 Å². The zero-order valence-electron chi connectivity index (χ0n) is 12.8. The largest absolute Gasteiger partial charge is 0.480 e. The van der Waals surface area contributed by atoms with E-state index in [-0.39, 0.29) is 25.1 Å². The Kier molecular flexibility index (Phi) is 3.71. The molecule has 1 aromatic rings. The second-order valence-electron chi connectivity index (χ2n) is 6.02. The van der Waals surface area contributed by atoms with Gasteiger partial charge in [-0.15, -0.1) is 0 Å². The molecule has 1 N–H and O–H groups in total. The first-order valence-corrected chi connectivity index (χ1v) is 7.45. The van der Waals surface area contributed by atoms with Crippen molar-refractivity contribution in [2.45, 2.75) is 24.9 Å². The van der Waals surface area contributed by atoms with E-state index >= 15 is 0 Å². The lowest BCUT2D eigenvalue weighted by Gasteiger charge is -2.35. The fourth-order valence-corrected chi connectivity index (χ4v) is 3.33. The molecule has 0 radical (unpaired) electrons. The van der Waals surface area contributed by atoms with Crippen LogP contribution in [0.2, 0.25) is 0 Å². The summed E-state index contributed by atoms with van der Waals surface area (Å²) in [5.41, 5.74) is -0.187. The molecule has 3 rings (SSSR count). The van der Waals surface area contributed by atoms with E-state index in [2.05, 4.69) is 0 Å². The van der Waals surface area contributed by atoms with Crippen molar-refractivity contribution in [1.82, 2.24) is 9.80 Å². The highest BCUT2D eigenvalue weighted by Crippen LogP contribution is 2.39. The summed E-state index contributed by atoms with van der Waals surface area (Å²) in [5, 5.41) is 8.91. The fourth-order valence-electron chi connectivity index (χ4n) is 3.33. The predicted molar refractivity (Wildman–Crippen MR) is 79.6 cm³/mol. The van der Waals surface area contributed by atoms with Gasteiger partial charge < -0.3 is 14.7 Å². The van der Waals surface area contributed by atoms with Gasteiger partial charge in [-0.2, -0.15) is 0 Å². The molecule has 0 saturated carbocycles. The minimum absolute atomic E-state index is 0.185. The molecule has 2 fully saturated rings. The number of hydrogen-bond donors (Lipinski definition) is 1. The Morgan fingerprint density at radius 2 is 2.04 bits per heavy atom. The summed E-state index contributed by atoms with van der Waals surface area (Å²) in [7, 11) is 0. The van der Waals surface area contributed by atoms with Crippen LogP contribution in [0.1, 0.15) is 24.9 Å². The molecule has 0 aromatic heterocycles. The molecule has 2 aliphatic heterocycles. The van der Waals surface area contributed by atoms with Crippen LogP contribution in [0.4, 0.5) is 4.79 Å². The van der Waals surface area contributed by atoms with Gasteiger partial charge in [-0.1, -0.05) is 30.3 Å². The third kappa shape index (κ3) is 2.52. The third-order valence-corrected chi connectivity index (χ3v) is 4.53. The first kappa shape index (κ1) is 15.3. The molecule has 2 saturated heterocycles. The standard InChI is InChI=1S/C16H18N2O5/c1-16(7-8-17(14(16)21)9-13(19)20)18-12(10-23-15(18)22)11-5-3-2-4-6-11/h2-6,12H,7-10H2,1H3,(H,19,20)/t12-,16+/m1/s1. The van der Waals surface area contributed by atoms with Crippen molar-refractivity contribution < 1.29 is 24.2 Å². The van der Waals surface area contributed by atoms with E-state index in [9.17, 15) is 14.4 Å². The average molecular weight is 318 g/mol. The number of rotatable bonds is 4. The van der Waals surface area contributed by atoms with Gasteiger partial charge in [-0.25, -0.2) is 4.79 Å². The average Bonchev–Trinajstić information content (AvgIpc) is 3.04. The van der Waals surface area contributed by atoms with Crippen LogP contribution < -0.4 is 0 Å². The number of carbonyl (C=O) groups is 3. The molecular formula is C16H18N2O5. The van der Waals surface area contributed by atoms with Crippen LogP contribution in [0.5, 0.6) is 0 Å². The number of likely N-dealkylation sites (tertiary alicyclic amines) is 1. The van der Waals surface area contributed by atoms with Gasteiger partial charge in [-0.05, 0) is 18.9 Å². The van der Waals surface area contributed by atoms with E-state index in [1.165, 1.54) is 9.80 Å². The number of ether oxygens (including phenoxy) is 1. The Balaban J connectivity index is 1.90. The lowest BCUT2D eigenvalue weighted by molar-refractivity contribution is -0.145. The Labute approximate surface area is 133 Å². The summed E-state index contributed by atoms with van der Waals surface area (Å²) in [5.74, 6) is -1.41. The molecular weight excluding hydrogens is 300 g/mol. The van der Waals surface area contributed by atoms with Crippen LogP contribution in [-0.2, 0) is 14.3 Å². The van der Waals surface area contributed by atoms with E-state index in [1.807, 2.05) is 30.3 Å². The van der Waals surface area contributed by atoms with E-state index in [0.29, 0.717) is 13.0 Å². The molecule has 2 aliphatic rings. The molecule has 1 aromatic carbocycles. The summed E-state index contributed by atoms with van der Waals surface area (Å²) in [4.78, 5) is 38.5. The molecule has 2 amide bonds. The first-order chi connectivity index (χ1) is 10.9. The quantitative estimate of drug-likeness (QED) is 0.903. The minimum atomic E-state index is -1.08. The van der Waals surface area contributed by atoms with Crippen molar-refractivity contribution in [3.05, 3.63) is 35.9 Å². The Morgan fingerprint density at radius 3 is 2.70 bits per heavy atom. The van der Waals surface area contributed by atoms with E-state index in [1.54, 1.807) is 6.92 Å². The Hall–Kier alpha value is -2.57. The first-order valence-electron chi connectivity index (χ1n) is 7.45. The lowest BCUT2D eigenvalue weighted by Crippen LogP contribution is -2.53. The van der Waals surface area contributed by atoms with Gasteiger partial charge in [0.1, 0.15) is 18.7 Å². The molecule has 0 unspecified atom stereocenters. The third-order valence-electron chi connectivity index (χ3n) is 4.53. The number of cyclic esters (lactones) is 1. The van der Waals surface area contributed by atoms with Crippen molar-refractivity contribution in [3.8, 4) is 0 Å².